The zero-order valence-electron chi connectivity index (χ0n) is 11.0. The van der Waals surface area contributed by atoms with Gasteiger partial charge >= 0.3 is 11.8 Å². The van der Waals surface area contributed by atoms with E-state index in [1.165, 1.54) is 6.20 Å². The number of nitrogens with zero attached hydrogens (tertiary/aromatic N) is 1. The Labute approximate surface area is 131 Å². The molecule has 0 radical (unpaired) electrons. The first-order valence-electron chi connectivity index (χ1n) is 5.97. The molecule has 0 aliphatic rings. The number of anilines is 2. The van der Waals surface area contributed by atoms with Gasteiger partial charge in [0.05, 0.1) is 5.69 Å². The lowest BCUT2D eigenvalue weighted by Gasteiger charge is -2.10. The van der Waals surface area contributed by atoms with Crippen LogP contribution in [0, 0.1) is 6.92 Å². The lowest BCUT2D eigenvalue weighted by molar-refractivity contribution is -0.133. The Kier molecular flexibility index (Phi) is 4.77. The quantitative estimate of drug-likeness (QED) is 0.658. The smallest absolute Gasteiger partial charge is 0.314 e. The topological polar surface area (TPSA) is 71.1 Å². The molecule has 1 heterocycles. The molecule has 0 bridgehead atoms. The molecule has 1 aromatic heterocycles. The summed E-state index contributed by atoms with van der Waals surface area (Å²) in [5.74, 6) is -1.66. The van der Waals surface area contributed by atoms with Crippen LogP contribution in [0.4, 0.5) is 11.4 Å². The van der Waals surface area contributed by atoms with Gasteiger partial charge in [-0.2, -0.15) is 0 Å². The zero-order valence-corrected chi connectivity index (χ0v) is 12.5. The highest BCUT2D eigenvalue weighted by molar-refractivity contribution is 6.44. The van der Waals surface area contributed by atoms with E-state index in [4.69, 9.17) is 23.2 Å². The van der Waals surface area contributed by atoms with Crippen molar-refractivity contribution in [2.45, 2.75) is 6.92 Å². The summed E-state index contributed by atoms with van der Waals surface area (Å²) < 4.78 is 0. The molecule has 2 aromatic rings. The van der Waals surface area contributed by atoms with Crippen molar-refractivity contribution >= 4 is 46.4 Å². The number of aromatic nitrogens is 1. The first-order valence-corrected chi connectivity index (χ1v) is 6.72. The van der Waals surface area contributed by atoms with E-state index in [1.54, 1.807) is 37.3 Å². The van der Waals surface area contributed by atoms with Gasteiger partial charge in [0, 0.05) is 16.9 Å². The van der Waals surface area contributed by atoms with Crippen molar-refractivity contribution in [3.63, 3.8) is 0 Å². The Morgan fingerprint density at radius 1 is 1.00 bits per heavy atom. The molecular formula is C14H11Cl2N3O2. The summed E-state index contributed by atoms with van der Waals surface area (Å²) in [5.41, 5.74) is 1.42. The fourth-order valence-electron chi connectivity index (χ4n) is 1.58. The van der Waals surface area contributed by atoms with Crippen LogP contribution in [0.1, 0.15) is 5.56 Å². The maximum atomic E-state index is 11.9. The van der Waals surface area contributed by atoms with Crippen molar-refractivity contribution in [3.8, 4) is 0 Å². The van der Waals surface area contributed by atoms with Gasteiger partial charge in [-0.25, -0.2) is 4.98 Å². The molecule has 0 spiro atoms. The molecule has 7 heteroatoms. The average Bonchev–Trinajstić information content (AvgIpc) is 2.46. The number of hydrogen-bond donors (Lipinski definition) is 2. The summed E-state index contributed by atoms with van der Waals surface area (Å²) in [6.07, 6.45) is 1.48. The van der Waals surface area contributed by atoms with Gasteiger partial charge in [0.1, 0.15) is 0 Å². The fraction of sp³-hybridized carbons (Fsp3) is 0.0714. The third-order valence-electron chi connectivity index (χ3n) is 2.73. The van der Waals surface area contributed by atoms with Gasteiger partial charge in [-0.05, 0) is 36.8 Å². The predicted molar refractivity (Wildman–Crippen MR) is 82.7 cm³/mol. The third kappa shape index (κ3) is 3.71. The van der Waals surface area contributed by atoms with Crippen LogP contribution in [0.15, 0.2) is 36.5 Å². The van der Waals surface area contributed by atoms with E-state index >= 15 is 0 Å². The second-order valence-electron chi connectivity index (χ2n) is 4.16. The van der Waals surface area contributed by atoms with Gasteiger partial charge in [-0.3, -0.25) is 9.59 Å². The molecule has 0 atom stereocenters. The van der Waals surface area contributed by atoms with Crippen LogP contribution < -0.4 is 10.6 Å². The van der Waals surface area contributed by atoms with Crippen molar-refractivity contribution in [2.24, 2.45) is 0 Å². The Morgan fingerprint density at radius 2 is 1.62 bits per heavy atom. The highest BCUT2D eigenvalue weighted by Crippen LogP contribution is 2.23. The molecule has 0 unspecified atom stereocenters. The standard InChI is InChI=1S/C14H11Cl2N3O2/c1-8-9(15)4-2-5-10(8)18-13(20)14(21)19-11-6-3-7-17-12(11)16/h2-7H,1H3,(H,18,20)(H,19,21). The molecule has 1 aromatic carbocycles. The van der Waals surface area contributed by atoms with Gasteiger partial charge < -0.3 is 10.6 Å². The minimum absolute atomic E-state index is 0.109. The summed E-state index contributed by atoms with van der Waals surface area (Å²) in [7, 11) is 0. The first-order chi connectivity index (χ1) is 9.99. The van der Waals surface area contributed by atoms with E-state index in [0.29, 0.717) is 16.3 Å². The van der Waals surface area contributed by atoms with Gasteiger partial charge in [0.2, 0.25) is 0 Å². The third-order valence-corrected chi connectivity index (χ3v) is 3.44. The lowest BCUT2D eigenvalue weighted by Crippen LogP contribution is -2.29. The van der Waals surface area contributed by atoms with E-state index in [9.17, 15) is 9.59 Å². The first kappa shape index (κ1) is 15.3. The normalized spacial score (nSPS) is 10.0. The number of carbonyl (C=O) groups excluding carboxylic acids is 2. The second-order valence-corrected chi connectivity index (χ2v) is 4.93. The summed E-state index contributed by atoms with van der Waals surface area (Å²) in [6, 6.07) is 8.18. The Bertz CT molecular complexity index is 704. The van der Waals surface area contributed by atoms with Crippen molar-refractivity contribution < 1.29 is 9.59 Å². The molecule has 0 fully saturated rings. The number of nitrogens with one attached hydrogen (secondary N) is 2. The number of halogens is 2. The van der Waals surface area contributed by atoms with Crippen molar-refractivity contribution in [1.82, 2.24) is 4.98 Å². The number of pyridine rings is 1. The minimum atomic E-state index is -0.843. The predicted octanol–water partition coefficient (Wildman–Crippen LogP) is 3.27. The van der Waals surface area contributed by atoms with Crippen LogP contribution in [-0.4, -0.2) is 16.8 Å². The van der Waals surface area contributed by atoms with Crippen LogP contribution in [0.2, 0.25) is 10.2 Å². The molecule has 0 saturated heterocycles. The van der Waals surface area contributed by atoms with Crippen LogP contribution in [0.3, 0.4) is 0 Å². The van der Waals surface area contributed by atoms with Crippen molar-refractivity contribution in [3.05, 3.63) is 52.3 Å². The van der Waals surface area contributed by atoms with Gasteiger partial charge in [0.15, 0.2) is 5.15 Å². The average molecular weight is 324 g/mol. The SMILES string of the molecule is Cc1c(Cl)cccc1NC(=O)C(=O)Nc1cccnc1Cl. The number of hydrogen-bond acceptors (Lipinski definition) is 3. The van der Waals surface area contributed by atoms with E-state index in [1.807, 2.05) is 0 Å². The monoisotopic (exact) mass is 323 g/mol. The maximum Gasteiger partial charge on any atom is 0.314 e. The highest BCUT2D eigenvalue weighted by atomic mass is 35.5. The number of carbonyl (C=O) groups is 2. The summed E-state index contributed by atoms with van der Waals surface area (Å²) in [6.45, 7) is 1.74. The molecule has 5 nitrogen and oxygen atoms in total. The lowest BCUT2D eigenvalue weighted by atomic mass is 10.2. The minimum Gasteiger partial charge on any atom is -0.317 e. The molecule has 2 N–H and O–H groups in total. The second kappa shape index (κ2) is 6.56. The molecule has 108 valence electrons. The van der Waals surface area contributed by atoms with Gasteiger partial charge in [0.25, 0.3) is 0 Å². The van der Waals surface area contributed by atoms with E-state index in [-0.39, 0.29) is 10.8 Å². The summed E-state index contributed by atoms with van der Waals surface area (Å²) in [4.78, 5) is 27.5. The Hall–Kier alpha value is -2.11. The summed E-state index contributed by atoms with van der Waals surface area (Å²) >= 11 is 11.8. The zero-order chi connectivity index (χ0) is 15.4. The molecular weight excluding hydrogens is 313 g/mol. The Balaban J connectivity index is 2.08. The van der Waals surface area contributed by atoms with E-state index in [2.05, 4.69) is 15.6 Å². The molecule has 21 heavy (non-hydrogen) atoms. The number of rotatable bonds is 2. The molecule has 0 aliphatic heterocycles. The molecule has 0 aliphatic carbocycles. The van der Waals surface area contributed by atoms with Crippen molar-refractivity contribution in [2.75, 3.05) is 10.6 Å². The number of benzene rings is 1. The maximum absolute atomic E-state index is 11.9. The number of amides is 2. The van der Waals surface area contributed by atoms with E-state index < -0.39 is 11.8 Å². The molecule has 2 amide bonds. The van der Waals surface area contributed by atoms with Gasteiger partial charge in [-0.15, -0.1) is 0 Å². The van der Waals surface area contributed by atoms with Crippen molar-refractivity contribution in [1.29, 1.82) is 0 Å². The Morgan fingerprint density at radius 3 is 2.29 bits per heavy atom. The van der Waals surface area contributed by atoms with Crippen LogP contribution >= 0.6 is 23.2 Å². The highest BCUT2D eigenvalue weighted by Gasteiger charge is 2.16. The van der Waals surface area contributed by atoms with Crippen LogP contribution in [0.5, 0.6) is 0 Å². The van der Waals surface area contributed by atoms with Gasteiger partial charge in [-0.1, -0.05) is 29.3 Å². The van der Waals surface area contributed by atoms with Crippen LogP contribution in [0.25, 0.3) is 0 Å². The van der Waals surface area contributed by atoms with Crippen LogP contribution in [-0.2, 0) is 9.59 Å². The summed E-state index contributed by atoms with van der Waals surface area (Å²) in [5, 5.41) is 5.49. The molecule has 0 saturated carbocycles. The fourth-order valence-corrected chi connectivity index (χ4v) is 1.92. The van der Waals surface area contributed by atoms with E-state index in [0.717, 1.165) is 0 Å². The largest absolute Gasteiger partial charge is 0.317 e. The molecule has 2 rings (SSSR count).